The molecule has 2 amide bonds. The fourth-order valence-electron chi connectivity index (χ4n) is 2.58. The van der Waals surface area contributed by atoms with Crippen LogP contribution in [0, 0.1) is 0 Å². The lowest BCUT2D eigenvalue weighted by Gasteiger charge is -2.39. The molecule has 1 aromatic heterocycles. The number of hydrogen-bond donors (Lipinski definition) is 0. The van der Waals surface area contributed by atoms with Gasteiger partial charge in [-0.1, -0.05) is 0 Å². The Morgan fingerprint density at radius 2 is 2.00 bits per heavy atom. The van der Waals surface area contributed by atoms with E-state index in [-0.39, 0.29) is 18.6 Å². The van der Waals surface area contributed by atoms with E-state index in [0.29, 0.717) is 0 Å². The second-order valence-electron chi connectivity index (χ2n) is 6.85. The van der Waals surface area contributed by atoms with Gasteiger partial charge in [-0.15, -0.1) is 11.3 Å². The third-order valence-electron chi connectivity index (χ3n) is 3.64. The fourth-order valence-corrected chi connectivity index (χ4v) is 4.45. The molecular weight excluding hydrogens is 396 g/mol. The highest BCUT2D eigenvalue weighted by Crippen LogP contribution is 2.45. The number of ether oxygens (including phenoxy) is 2. The number of hydrogen-bond acceptors (Lipinski definition) is 5. The molecule has 2 heterocycles. The molecule has 1 aliphatic rings. The number of thiophene rings is 1. The summed E-state index contributed by atoms with van der Waals surface area (Å²) in [7, 11) is 4.96. The van der Waals surface area contributed by atoms with Crippen molar-refractivity contribution in [2.75, 3.05) is 27.7 Å². The van der Waals surface area contributed by atoms with Crippen LogP contribution in [0.5, 0.6) is 0 Å². The van der Waals surface area contributed by atoms with Crippen molar-refractivity contribution in [3.63, 3.8) is 0 Å². The van der Waals surface area contributed by atoms with Crippen LogP contribution in [-0.4, -0.2) is 55.2 Å². The Bertz CT molecular complexity index is 639. The Balaban J connectivity index is 2.50. The lowest BCUT2D eigenvalue weighted by atomic mass is 9.97. The average molecular weight is 419 g/mol. The number of halogens is 1. The summed E-state index contributed by atoms with van der Waals surface area (Å²) in [6.45, 7) is 5.68. The van der Waals surface area contributed by atoms with Crippen LogP contribution in [-0.2, 0) is 14.3 Å². The topological polar surface area (TPSA) is 59.1 Å². The molecule has 0 aliphatic carbocycles. The summed E-state index contributed by atoms with van der Waals surface area (Å²) < 4.78 is 11.9. The minimum absolute atomic E-state index is 0.171. The predicted molar refractivity (Wildman–Crippen MR) is 96.1 cm³/mol. The highest BCUT2D eigenvalue weighted by atomic mass is 79.9. The van der Waals surface area contributed by atoms with Gasteiger partial charge < -0.3 is 14.4 Å². The summed E-state index contributed by atoms with van der Waals surface area (Å²) >= 11 is 5.03. The molecule has 0 radical (unpaired) electrons. The maximum Gasteiger partial charge on any atom is 0.411 e. The van der Waals surface area contributed by atoms with Gasteiger partial charge in [-0.05, 0) is 36.7 Å². The largest absolute Gasteiger partial charge is 0.444 e. The van der Waals surface area contributed by atoms with Crippen molar-refractivity contribution in [1.29, 1.82) is 0 Å². The van der Waals surface area contributed by atoms with Gasteiger partial charge in [0.1, 0.15) is 17.7 Å². The zero-order valence-electron chi connectivity index (χ0n) is 14.8. The number of amides is 2. The Labute approximate surface area is 154 Å². The van der Waals surface area contributed by atoms with Gasteiger partial charge in [0.2, 0.25) is 5.91 Å². The van der Waals surface area contributed by atoms with Gasteiger partial charge in [-0.2, -0.15) is 0 Å². The number of carbonyl (C=O) groups excluding carboxylic acids is 2. The van der Waals surface area contributed by atoms with E-state index in [4.69, 9.17) is 9.47 Å². The molecule has 2 atom stereocenters. The SMILES string of the molecule is COC1CN(C(=O)OC(C)(C)C)C(C(=O)N(C)C)c2c(Br)csc21. The Morgan fingerprint density at radius 3 is 2.50 bits per heavy atom. The monoisotopic (exact) mass is 418 g/mol. The summed E-state index contributed by atoms with van der Waals surface area (Å²) in [5, 5.41) is 1.92. The van der Waals surface area contributed by atoms with E-state index in [1.165, 1.54) is 21.1 Å². The van der Waals surface area contributed by atoms with Gasteiger partial charge in [-0.25, -0.2) is 4.79 Å². The van der Waals surface area contributed by atoms with Crippen LogP contribution in [0.4, 0.5) is 4.79 Å². The van der Waals surface area contributed by atoms with Crippen LogP contribution in [0.25, 0.3) is 0 Å². The first-order valence-corrected chi connectivity index (χ1v) is 9.24. The molecule has 0 bridgehead atoms. The van der Waals surface area contributed by atoms with E-state index in [2.05, 4.69) is 15.9 Å². The standard InChI is InChI=1S/C16H23BrN2O4S/c1-16(2,3)23-15(21)19-7-10(22-6)13-11(9(17)8-24-13)12(19)14(20)18(4)5/h8,10,12H,7H2,1-6H3. The molecule has 8 heteroatoms. The third kappa shape index (κ3) is 3.75. The van der Waals surface area contributed by atoms with E-state index < -0.39 is 17.7 Å². The van der Waals surface area contributed by atoms with Crippen LogP contribution < -0.4 is 0 Å². The van der Waals surface area contributed by atoms with E-state index >= 15 is 0 Å². The molecule has 24 heavy (non-hydrogen) atoms. The zero-order valence-corrected chi connectivity index (χ0v) is 17.2. The minimum Gasteiger partial charge on any atom is -0.444 e. The average Bonchev–Trinajstić information content (AvgIpc) is 2.85. The fraction of sp³-hybridized carbons (Fsp3) is 0.625. The van der Waals surface area contributed by atoms with Crippen molar-refractivity contribution in [1.82, 2.24) is 9.80 Å². The minimum atomic E-state index is -0.725. The molecule has 0 N–H and O–H groups in total. The molecular formula is C16H23BrN2O4S. The summed E-state index contributed by atoms with van der Waals surface area (Å²) in [6.07, 6.45) is -0.802. The van der Waals surface area contributed by atoms with Crippen molar-refractivity contribution >= 4 is 39.3 Å². The highest BCUT2D eigenvalue weighted by Gasteiger charge is 2.44. The summed E-state index contributed by atoms with van der Waals surface area (Å²) in [5.74, 6) is -0.171. The van der Waals surface area contributed by atoms with Crippen molar-refractivity contribution in [3.8, 4) is 0 Å². The van der Waals surface area contributed by atoms with E-state index in [1.807, 2.05) is 5.38 Å². The van der Waals surface area contributed by atoms with Crippen LogP contribution in [0.1, 0.15) is 43.4 Å². The number of rotatable bonds is 2. The molecule has 0 spiro atoms. The van der Waals surface area contributed by atoms with Crippen LogP contribution in [0.2, 0.25) is 0 Å². The molecule has 0 fully saturated rings. The van der Waals surface area contributed by atoms with E-state index in [1.54, 1.807) is 42.0 Å². The quantitative estimate of drug-likeness (QED) is 0.736. The Kier molecular flexibility index (Phi) is 5.61. The molecule has 1 aliphatic heterocycles. The lowest BCUT2D eigenvalue weighted by Crippen LogP contribution is -2.49. The molecule has 134 valence electrons. The zero-order chi connectivity index (χ0) is 18.2. The van der Waals surface area contributed by atoms with Gasteiger partial charge in [0.15, 0.2) is 0 Å². The first-order valence-electron chi connectivity index (χ1n) is 7.57. The number of nitrogens with zero attached hydrogens (tertiary/aromatic N) is 2. The third-order valence-corrected chi connectivity index (χ3v) is 5.69. The van der Waals surface area contributed by atoms with Crippen molar-refractivity contribution in [3.05, 3.63) is 20.3 Å². The second kappa shape index (κ2) is 7.01. The molecule has 2 rings (SSSR count). The number of likely N-dealkylation sites (N-methyl/N-ethyl adjacent to an activating group) is 1. The molecule has 2 unspecified atom stereocenters. The van der Waals surface area contributed by atoms with Crippen LogP contribution in [0.3, 0.4) is 0 Å². The van der Waals surface area contributed by atoms with Crippen molar-refractivity contribution < 1.29 is 19.1 Å². The summed E-state index contributed by atoms with van der Waals surface area (Å²) in [4.78, 5) is 29.4. The second-order valence-corrected chi connectivity index (χ2v) is 8.62. The van der Waals surface area contributed by atoms with Crippen molar-refractivity contribution in [2.45, 2.75) is 38.5 Å². The van der Waals surface area contributed by atoms with Crippen LogP contribution >= 0.6 is 27.3 Å². The number of carbonyl (C=O) groups is 2. The summed E-state index contributed by atoms with van der Waals surface area (Å²) in [6, 6.07) is -0.725. The molecule has 0 saturated heterocycles. The summed E-state index contributed by atoms with van der Waals surface area (Å²) in [5.41, 5.74) is 0.139. The number of fused-ring (bicyclic) bond motifs is 1. The lowest BCUT2D eigenvalue weighted by molar-refractivity contribution is -0.136. The first kappa shape index (κ1) is 19.2. The smallest absolute Gasteiger partial charge is 0.411 e. The Morgan fingerprint density at radius 1 is 1.38 bits per heavy atom. The normalized spacial score (nSPS) is 20.5. The van der Waals surface area contributed by atoms with E-state index in [0.717, 1.165) is 14.9 Å². The highest BCUT2D eigenvalue weighted by molar-refractivity contribution is 9.10. The molecule has 0 saturated carbocycles. The number of methoxy groups -OCH3 is 1. The maximum absolute atomic E-state index is 12.8. The van der Waals surface area contributed by atoms with Gasteiger partial charge in [0.25, 0.3) is 0 Å². The first-order chi connectivity index (χ1) is 11.1. The van der Waals surface area contributed by atoms with Gasteiger partial charge in [-0.3, -0.25) is 9.69 Å². The van der Waals surface area contributed by atoms with Gasteiger partial charge in [0, 0.05) is 41.5 Å². The van der Waals surface area contributed by atoms with E-state index in [9.17, 15) is 9.59 Å². The predicted octanol–water partition coefficient (Wildman–Crippen LogP) is 3.58. The Hall–Kier alpha value is -1.12. The molecule has 6 nitrogen and oxygen atoms in total. The van der Waals surface area contributed by atoms with Crippen molar-refractivity contribution in [2.24, 2.45) is 0 Å². The maximum atomic E-state index is 12.8. The van der Waals surface area contributed by atoms with Gasteiger partial charge in [0.05, 0.1) is 6.54 Å². The molecule has 1 aromatic rings. The molecule has 0 aromatic carbocycles. The van der Waals surface area contributed by atoms with Gasteiger partial charge >= 0.3 is 6.09 Å². The van der Waals surface area contributed by atoms with Crippen LogP contribution in [0.15, 0.2) is 9.85 Å².